The molecule has 0 aromatic heterocycles. The smallest absolute Gasteiger partial charge is 0.0106 e. The van der Waals surface area contributed by atoms with Crippen molar-refractivity contribution < 1.29 is 0 Å². The quantitative estimate of drug-likeness (QED) is 0.564. The highest BCUT2D eigenvalue weighted by molar-refractivity contribution is 5.22. The molecule has 0 saturated carbocycles. The first-order valence-corrected chi connectivity index (χ1v) is 7.75. The zero-order valence-electron chi connectivity index (χ0n) is 14.0. The van der Waals surface area contributed by atoms with Gasteiger partial charge in [-0.3, -0.25) is 0 Å². The Morgan fingerprint density at radius 3 is 1.84 bits per heavy atom. The maximum Gasteiger partial charge on any atom is -0.0106 e. The molecule has 0 fully saturated rings. The third kappa shape index (κ3) is 4.09. The SMILES string of the molecule is CCC(C)(C)C(CC(C)(C)C(C)C)c1ccccc1. The zero-order chi connectivity index (χ0) is 14.7. The van der Waals surface area contributed by atoms with Gasteiger partial charge < -0.3 is 0 Å². The Kier molecular flexibility index (Phi) is 5.24. The number of benzene rings is 1. The van der Waals surface area contributed by atoms with Gasteiger partial charge in [0.2, 0.25) is 0 Å². The van der Waals surface area contributed by atoms with Gasteiger partial charge in [-0.2, -0.15) is 0 Å². The Hall–Kier alpha value is -0.780. The Bertz CT molecular complexity index is 370. The van der Waals surface area contributed by atoms with Crippen molar-refractivity contribution in [2.24, 2.45) is 16.7 Å². The van der Waals surface area contributed by atoms with Crippen LogP contribution in [0.2, 0.25) is 0 Å². The summed E-state index contributed by atoms with van der Waals surface area (Å²) in [5.74, 6) is 1.35. The summed E-state index contributed by atoms with van der Waals surface area (Å²) in [5, 5.41) is 0. The largest absolute Gasteiger partial charge is 0.0649 e. The summed E-state index contributed by atoms with van der Waals surface area (Å²) in [5.41, 5.74) is 2.24. The molecule has 1 rings (SSSR count). The summed E-state index contributed by atoms with van der Waals surface area (Å²) in [6, 6.07) is 11.1. The normalized spacial score (nSPS) is 14.7. The van der Waals surface area contributed by atoms with Crippen LogP contribution >= 0.6 is 0 Å². The molecule has 0 aliphatic carbocycles. The lowest BCUT2D eigenvalue weighted by molar-refractivity contribution is 0.150. The van der Waals surface area contributed by atoms with Crippen molar-refractivity contribution >= 4 is 0 Å². The second-order valence-corrected chi connectivity index (χ2v) is 7.65. The van der Waals surface area contributed by atoms with Crippen LogP contribution in [0.3, 0.4) is 0 Å². The highest BCUT2D eigenvalue weighted by Crippen LogP contribution is 2.47. The van der Waals surface area contributed by atoms with Crippen LogP contribution in [0.15, 0.2) is 30.3 Å². The molecule has 1 atom stereocenters. The fraction of sp³-hybridized carbons (Fsp3) is 0.684. The maximum absolute atomic E-state index is 2.42. The molecule has 0 aliphatic rings. The van der Waals surface area contributed by atoms with E-state index in [1.165, 1.54) is 18.4 Å². The Labute approximate surface area is 120 Å². The van der Waals surface area contributed by atoms with Gasteiger partial charge >= 0.3 is 0 Å². The molecule has 0 saturated heterocycles. The molecular formula is C19H32. The second-order valence-electron chi connectivity index (χ2n) is 7.65. The summed E-state index contributed by atoms with van der Waals surface area (Å²) in [6.07, 6.45) is 2.48. The minimum absolute atomic E-state index is 0.355. The lowest BCUT2D eigenvalue weighted by atomic mass is 9.64. The van der Waals surface area contributed by atoms with E-state index in [1.807, 2.05) is 0 Å². The Morgan fingerprint density at radius 2 is 1.42 bits per heavy atom. The number of rotatable bonds is 6. The lowest BCUT2D eigenvalue weighted by Crippen LogP contribution is -2.29. The van der Waals surface area contributed by atoms with Gasteiger partial charge in [-0.15, -0.1) is 0 Å². The first-order chi connectivity index (χ1) is 8.70. The van der Waals surface area contributed by atoms with Crippen LogP contribution in [0.4, 0.5) is 0 Å². The second kappa shape index (κ2) is 6.11. The van der Waals surface area contributed by atoms with Crippen molar-refractivity contribution in [3.63, 3.8) is 0 Å². The van der Waals surface area contributed by atoms with E-state index in [2.05, 4.69) is 78.8 Å². The monoisotopic (exact) mass is 260 g/mol. The molecule has 0 heteroatoms. The van der Waals surface area contributed by atoms with E-state index in [9.17, 15) is 0 Å². The van der Waals surface area contributed by atoms with Gasteiger partial charge in [0.15, 0.2) is 0 Å². The van der Waals surface area contributed by atoms with Crippen molar-refractivity contribution in [2.45, 2.75) is 67.2 Å². The molecule has 0 spiro atoms. The van der Waals surface area contributed by atoms with E-state index in [1.54, 1.807) is 0 Å². The van der Waals surface area contributed by atoms with E-state index in [0.717, 1.165) is 0 Å². The Balaban J connectivity index is 3.08. The van der Waals surface area contributed by atoms with Crippen LogP contribution in [0.1, 0.15) is 72.8 Å². The molecule has 1 unspecified atom stereocenters. The summed E-state index contributed by atoms with van der Waals surface area (Å²) >= 11 is 0. The molecule has 0 radical (unpaired) electrons. The van der Waals surface area contributed by atoms with Crippen molar-refractivity contribution in [3.05, 3.63) is 35.9 Å². The molecule has 0 bridgehead atoms. The van der Waals surface area contributed by atoms with Crippen LogP contribution in [-0.4, -0.2) is 0 Å². The topological polar surface area (TPSA) is 0 Å². The Morgan fingerprint density at radius 1 is 0.895 bits per heavy atom. The van der Waals surface area contributed by atoms with E-state index in [0.29, 0.717) is 22.7 Å². The molecule has 0 aliphatic heterocycles. The van der Waals surface area contributed by atoms with Crippen LogP contribution in [0.25, 0.3) is 0 Å². The van der Waals surface area contributed by atoms with E-state index < -0.39 is 0 Å². The minimum atomic E-state index is 0.355. The third-order valence-electron chi connectivity index (χ3n) is 5.35. The van der Waals surface area contributed by atoms with Crippen molar-refractivity contribution in [1.82, 2.24) is 0 Å². The van der Waals surface area contributed by atoms with Gasteiger partial charge in [0.25, 0.3) is 0 Å². The van der Waals surface area contributed by atoms with Crippen molar-refractivity contribution in [2.75, 3.05) is 0 Å². The third-order valence-corrected chi connectivity index (χ3v) is 5.35. The molecule has 0 heterocycles. The molecule has 0 nitrogen and oxygen atoms in total. The molecule has 1 aromatic carbocycles. The van der Waals surface area contributed by atoms with Gasteiger partial charge in [0, 0.05) is 0 Å². The summed E-state index contributed by atoms with van der Waals surface area (Å²) in [7, 11) is 0. The fourth-order valence-corrected chi connectivity index (χ4v) is 2.54. The number of hydrogen-bond acceptors (Lipinski definition) is 0. The predicted octanol–water partition coefficient (Wildman–Crippen LogP) is 6.28. The molecule has 1 aromatic rings. The predicted molar refractivity (Wildman–Crippen MR) is 86.5 cm³/mol. The van der Waals surface area contributed by atoms with Crippen LogP contribution in [0.5, 0.6) is 0 Å². The van der Waals surface area contributed by atoms with Crippen molar-refractivity contribution in [3.8, 4) is 0 Å². The number of hydrogen-bond donors (Lipinski definition) is 0. The van der Waals surface area contributed by atoms with Crippen molar-refractivity contribution in [1.29, 1.82) is 0 Å². The fourth-order valence-electron chi connectivity index (χ4n) is 2.54. The van der Waals surface area contributed by atoms with Crippen LogP contribution < -0.4 is 0 Å². The summed E-state index contributed by atoms with van der Waals surface area (Å²) < 4.78 is 0. The first kappa shape index (κ1) is 16.3. The maximum atomic E-state index is 2.42. The average molecular weight is 260 g/mol. The zero-order valence-corrected chi connectivity index (χ0v) is 14.0. The molecule has 19 heavy (non-hydrogen) atoms. The van der Waals surface area contributed by atoms with Crippen LogP contribution in [0, 0.1) is 16.7 Å². The summed E-state index contributed by atoms with van der Waals surface area (Å²) in [4.78, 5) is 0. The highest BCUT2D eigenvalue weighted by atomic mass is 14.4. The van der Waals surface area contributed by atoms with E-state index >= 15 is 0 Å². The minimum Gasteiger partial charge on any atom is -0.0649 e. The molecule has 0 amide bonds. The van der Waals surface area contributed by atoms with E-state index in [4.69, 9.17) is 0 Å². The molecule has 0 N–H and O–H groups in total. The van der Waals surface area contributed by atoms with Gasteiger partial charge in [0.1, 0.15) is 0 Å². The van der Waals surface area contributed by atoms with Gasteiger partial charge in [-0.1, -0.05) is 85.2 Å². The van der Waals surface area contributed by atoms with Gasteiger partial charge in [-0.25, -0.2) is 0 Å². The van der Waals surface area contributed by atoms with Crippen LogP contribution in [-0.2, 0) is 0 Å². The van der Waals surface area contributed by atoms with Gasteiger partial charge in [-0.05, 0) is 34.7 Å². The van der Waals surface area contributed by atoms with Gasteiger partial charge in [0.05, 0.1) is 0 Å². The lowest BCUT2D eigenvalue weighted by Gasteiger charge is -2.41. The first-order valence-electron chi connectivity index (χ1n) is 7.75. The highest BCUT2D eigenvalue weighted by Gasteiger charge is 2.35. The van der Waals surface area contributed by atoms with E-state index in [-0.39, 0.29) is 0 Å². The standard InChI is InChI=1S/C19H32/c1-8-18(4,5)17(14-19(6,7)15(2)3)16-12-10-9-11-13-16/h9-13,15,17H,8,14H2,1-7H3. The average Bonchev–Trinajstić information content (AvgIpc) is 2.36. The summed E-state index contributed by atoms with van der Waals surface area (Å²) in [6.45, 7) is 16.7. The molecular weight excluding hydrogens is 228 g/mol. The molecule has 108 valence electrons.